The van der Waals surface area contributed by atoms with Gasteiger partial charge in [0.1, 0.15) is 0 Å². The number of esters is 1. The molecular formula is C20H21NO7S2. The van der Waals surface area contributed by atoms with Crippen molar-refractivity contribution in [1.29, 1.82) is 0 Å². The van der Waals surface area contributed by atoms with Crippen LogP contribution in [0.25, 0.3) is 0 Å². The van der Waals surface area contributed by atoms with E-state index in [9.17, 15) is 26.4 Å². The van der Waals surface area contributed by atoms with E-state index < -0.39 is 36.8 Å². The summed E-state index contributed by atoms with van der Waals surface area (Å²) < 4.78 is 53.3. The van der Waals surface area contributed by atoms with E-state index in [0.717, 1.165) is 0 Å². The third-order valence-electron chi connectivity index (χ3n) is 4.73. The van der Waals surface area contributed by atoms with Crippen molar-refractivity contribution >= 4 is 37.2 Å². The van der Waals surface area contributed by atoms with Crippen molar-refractivity contribution in [2.45, 2.75) is 23.5 Å². The minimum Gasteiger partial charge on any atom is -0.462 e. The molecule has 1 atom stereocenters. The van der Waals surface area contributed by atoms with E-state index in [4.69, 9.17) is 4.74 Å². The molecule has 1 aliphatic heterocycles. The van der Waals surface area contributed by atoms with Crippen LogP contribution in [0.2, 0.25) is 0 Å². The number of anilines is 1. The van der Waals surface area contributed by atoms with Gasteiger partial charge in [0, 0.05) is 11.3 Å². The summed E-state index contributed by atoms with van der Waals surface area (Å²) in [5, 5.41) is 1.70. The van der Waals surface area contributed by atoms with Crippen molar-refractivity contribution in [2.75, 3.05) is 23.4 Å². The predicted molar refractivity (Wildman–Crippen MR) is 111 cm³/mol. The van der Waals surface area contributed by atoms with Gasteiger partial charge < -0.3 is 10.1 Å². The number of ether oxygens (including phenoxy) is 1. The van der Waals surface area contributed by atoms with E-state index in [1.54, 1.807) is 19.1 Å². The fraction of sp³-hybridized carbons (Fsp3) is 0.300. The maximum Gasteiger partial charge on any atom is 0.338 e. The Hall–Kier alpha value is -2.72. The van der Waals surface area contributed by atoms with E-state index in [0.29, 0.717) is 11.3 Å². The summed E-state index contributed by atoms with van der Waals surface area (Å²) in [4.78, 5) is 24.0. The van der Waals surface area contributed by atoms with Crippen molar-refractivity contribution in [3.63, 3.8) is 0 Å². The van der Waals surface area contributed by atoms with Gasteiger partial charge in [0.25, 0.3) is 5.91 Å². The van der Waals surface area contributed by atoms with Crippen LogP contribution >= 0.6 is 0 Å². The monoisotopic (exact) mass is 451 g/mol. The minimum absolute atomic E-state index is 0.0139. The lowest BCUT2D eigenvalue weighted by Gasteiger charge is -2.11. The first-order chi connectivity index (χ1) is 14.1. The highest BCUT2D eigenvalue weighted by Crippen LogP contribution is 2.25. The van der Waals surface area contributed by atoms with Gasteiger partial charge >= 0.3 is 5.97 Å². The van der Waals surface area contributed by atoms with Gasteiger partial charge in [-0.15, -0.1) is 0 Å². The van der Waals surface area contributed by atoms with Crippen LogP contribution in [0.3, 0.4) is 0 Å². The Labute approximate surface area is 175 Å². The number of hydrogen-bond donors (Lipinski definition) is 1. The number of amides is 1. The Morgan fingerprint density at radius 2 is 1.63 bits per heavy atom. The molecule has 3 rings (SSSR count). The molecule has 2 aromatic rings. The lowest BCUT2D eigenvalue weighted by molar-refractivity contribution is 0.0526. The molecule has 0 spiro atoms. The molecule has 0 radical (unpaired) electrons. The first-order valence-electron chi connectivity index (χ1n) is 9.25. The van der Waals surface area contributed by atoms with Gasteiger partial charge in [0.2, 0.25) is 0 Å². The SMILES string of the molecule is CCOC(=O)c1ccc(NC(=O)c2ccc(S(=O)(=O)C3CCS(=O)(=O)C3)cc2)cc1. The summed E-state index contributed by atoms with van der Waals surface area (Å²) in [6, 6.07) is 11.5. The van der Waals surface area contributed by atoms with Crippen LogP contribution in [0.1, 0.15) is 34.1 Å². The highest BCUT2D eigenvalue weighted by atomic mass is 32.2. The maximum atomic E-state index is 12.6. The molecule has 1 saturated heterocycles. The average molecular weight is 452 g/mol. The van der Waals surface area contributed by atoms with Crippen molar-refractivity contribution in [2.24, 2.45) is 0 Å². The van der Waals surface area contributed by atoms with Gasteiger partial charge in [-0.3, -0.25) is 4.79 Å². The standard InChI is InChI=1S/C20H21NO7S2/c1-2-28-20(23)15-3-7-16(8-4-15)21-19(22)14-5-9-17(10-6-14)30(26,27)18-11-12-29(24,25)13-18/h3-10,18H,2,11-13H2,1H3,(H,21,22). The summed E-state index contributed by atoms with van der Waals surface area (Å²) in [5.74, 6) is -1.42. The van der Waals surface area contributed by atoms with Crippen LogP contribution in [0.15, 0.2) is 53.4 Å². The highest BCUT2D eigenvalue weighted by Gasteiger charge is 2.38. The van der Waals surface area contributed by atoms with Crippen LogP contribution in [-0.2, 0) is 24.4 Å². The molecule has 2 aromatic carbocycles. The molecule has 30 heavy (non-hydrogen) atoms. The van der Waals surface area contributed by atoms with Crippen LogP contribution in [0.4, 0.5) is 5.69 Å². The molecule has 8 nitrogen and oxygen atoms in total. The van der Waals surface area contributed by atoms with Crippen LogP contribution in [-0.4, -0.2) is 52.1 Å². The van der Waals surface area contributed by atoms with Crippen LogP contribution < -0.4 is 5.32 Å². The Balaban J connectivity index is 1.69. The first kappa shape index (κ1) is 22.0. The Morgan fingerprint density at radius 3 is 2.17 bits per heavy atom. The zero-order chi connectivity index (χ0) is 21.9. The van der Waals surface area contributed by atoms with E-state index >= 15 is 0 Å². The number of nitrogens with one attached hydrogen (secondary N) is 1. The number of hydrogen-bond acceptors (Lipinski definition) is 7. The molecular weight excluding hydrogens is 430 g/mol. The normalized spacial score (nSPS) is 18.0. The molecule has 0 aliphatic carbocycles. The van der Waals surface area contributed by atoms with Crippen molar-refractivity contribution < 1.29 is 31.2 Å². The van der Waals surface area contributed by atoms with Gasteiger partial charge in [0.05, 0.1) is 33.8 Å². The fourth-order valence-corrected chi connectivity index (χ4v) is 7.46. The lowest BCUT2D eigenvalue weighted by atomic mass is 10.2. The number of rotatable bonds is 6. The smallest absolute Gasteiger partial charge is 0.338 e. The number of sulfone groups is 2. The second kappa shape index (κ2) is 8.57. The molecule has 1 unspecified atom stereocenters. The second-order valence-electron chi connectivity index (χ2n) is 6.85. The maximum absolute atomic E-state index is 12.6. The van der Waals surface area contributed by atoms with Crippen molar-refractivity contribution in [3.05, 3.63) is 59.7 Å². The van der Waals surface area contributed by atoms with Crippen molar-refractivity contribution in [3.8, 4) is 0 Å². The zero-order valence-corrected chi connectivity index (χ0v) is 17.8. The molecule has 1 aliphatic rings. The molecule has 1 fully saturated rings. The largest absolute Gasteiger partial charge is 0.462 e. The summed E-state index contributed by atoms with van der Waals surface area (Å²) in [6.45, 7) is 1.97. The molecule has 10 heteroatoms. The molecule has 0 saturated carbocycles. The Morgan fingerprint density at radius 1 is 1.03 bits per heavy atom. The van der Waals surface area contributed by atoms with Gasteiger partial charge in [-0.25, -0.2) is 21.6 Å². The van der Waals surface area contributed by atoms with E-state index in [1.807, 2.05) is 0 Å². The topological polar surface area (TPSA) is 124 Å². The predicted octanol–water partition coefficient (Wildman–Crippen LogP) is 2.08. The Bertz CT molecular complexity index is 1150. The number of carbonyl (C=O) groups excluding carboxylic acids is 2. The second-order valence-corrected chi connectivity index (χ2v) is 11.3. The quantitative estimate of drug-likeness (QED) is 0.667. The van der Waals surface area contributed by atoms with Crippen LogP contribution in [0.5, 0.6) is 0 Å². The molecule has 1 heterocycles. The fourth-order valence-electron chi connectivity index (χ4n) is 3.10. The van der Waals surface area contributed by atoms with Gasteiger partial charge in [-0.1, -0.05) is 0 Å². The molecule has 160 valence electrons. The molecule has 0 bridgehead atoms. The minimum atomic E-state index is -3.78. The molecule has 0 aromatic heterocycles. The van der Waals surface area contributed by atoms with Crippen LogP contribution in [0, 0.1) is 0 Å². The van der Waals surface area contributed by atoms with Gasteiger partial charge in [-0.05, 0) is 61.9 Å². The first-order valence-corrected chi connectivity index (χ1v) is 12.6. The number of carbonyl (C=O) groups is 2. The zero-order valence-electron chi connectivity index (χ0n) is 16.2. The third kappa shape index (κ3) is 4.88. The van der Waals surface area contributed by atoms with E-state index in [2.05, 4.69) is 5.32 Å². The summed E-state index contributed by atoms with van der Waals surface area (Å²) in [7, 11) is -7.11. The van der Waals surface area contributed by atoms with E-state index in [-0.39, 0.29) is 35.0 Å². The summed E-state index contributed by atoms with van der Waals surface area (Å²) in [6.07, 6.45) is 0.0781. The average Bonchev–Trinajstić information content (AvgIpc) is 3.09. The molecule has 1 N–H and O–H groups in total. The van der Waals surface area contributed by atoms with Gasteiger partial charge in [0.15, 0.2) is 19.7 Å². The third-order valence-corrected chi connectivity index (χ3v) is 8.92. The summed E-state index contributed by atoms with van der Waals surface area (Å²) >= 11 is 0. The van der Waals surface area contributed by atoms with E-state index in [1.165, 1.54) is 36.4 Å². The highest BCUT2D eigenvalue weighted by molar-refractivity contribution is 7.96. The Kier molecular flexibility index (Phi) is 6.27. The molecule has 1 amide bonds. The van der Waals surface area contributed by atoms with Crippen molar-refractivity contribution in [1.82, 2.24) is 0 Å². The number of benzene rings is 2. The van der Waals surface area contributed by atoms with Gasteiger partial charge in [-0.2, -0.15) is 0 Å². The summed E-state index contributed by atoms with van der Waals surface area (Å²) in [5.41, 5.74) is 1.06. The lowest BCUT2D eigenvalue weighted by Crippen LogP contribution is -2.22.